The predicted molar refractivity (Wildman–Crippen MR) is 78.1 cm³/mol. The van der Waals surface area contributed by atoms with Gasteiger partial charge in [-0.1, -0.05) is 0 Å². The fraction of sp³-hybridized carbons (Fsp3) is 0.385. The van der Waals surface area contributed by atoms with Crippen LogP contribution in [0.15, 0.2) is 18.5 Å². The molecule has 0 unspecified atom stereocenters. The lowest BCUT2D eigenvalue weighted by molar-refractivity contribution is 0.700. The summed E-state index contributed by atoms with van der Waals surface area (Å²) >= 11 is 0. The Morgan fingerprint density at radius 1 is 1.05 bits per heavy atom. The maximum atomic E-state index is 5.43. The van der Waals surface area contributed by atoms with E-state index in [1.54, 1.807) is 12.4 Å². The van der Waals surface area contributed by atoms with Crippen LogP contribution in [-0.4, -0.2) is 33.0 Å². The first-order valence-electron chi connectivity index (χ1n) is 6.47. The first-order valence-corrected chi connectivity index (χ1v) is 6.47. The van der Waals surface area contributed by atoms with Crippen LogP contribution in [0.25, 0.3) is 0 Å². The molecule has 2 rings (SSSR count). The van der Waals surface area contributed by atoms with Crippen molar-refractivity contribution in [2.24, 2.45) is 0 Å². The van der Waals surface area contributed by atoms with Gasteiger partial charge < -0.3 is 16.4 Å². The summed E-state index contributed by atoms with van der Waals surface area (Å²) in [4.78, 5) is 16.5. The number of nitrogen functional groups attached to an aromatic ring is 1. The molecule has 0 aliphatic heterocycles. The highest BCUT2D eigenvalue weighted by Crippen LogP contribution is 2.02. The first-order chi connectivity index (χ1) is 9.63. The number of nitrogens with zero attached hydrogens (tertiary/aromatic N) is 4. The summed E-state index contributed by atoms with van der Waals surface area (Å²) in [7, 11) is 0. The molecule has 2 aromatic heterocycles. The normalized spacial score (nSPS) is 10.5. The molecular formula is C13H19N7. The lowest BCUT2D eigenvalue weighted by Crippen LogP contribution is -2.22. The third-order valence-electron chi connectivity index (χ3n) is 2.62. The van der Waals surface area contributed by atoms with Gasteiger partial charge in [-0.05, 0) is 19.9 Å². The molecule has 0 amide bonds. The number of hydrogen-bond donors (Lipinski definition) is 3. The van der Waals surface area contributed by atoms with Crippen LogP contribution in [-0.2, 0) is 6.54 Å². The van der Waals surface area contributed by atoms with Crippen molar-refractivity contribution in [2.75, 3.05) is 24.1 Å². The number of anilines is 2. The largest absolute Gasteiger partial charge is 0.368 e. The summed E-state index contributed by atoms with van der Waals surface area (Å²) in [6.45, 7) is 6.16. The van der Waals surface area contributed by atoms with Crippen LogP contribution in [0.3, 0.4) is 0 Å². The molecule has 0 bridgehead atoms. The van der Waals surface area contributed by atoms with Gasteiger partial charge in [-0.25, -0.2) is 19.9 Å². The van der Waals surface area contributed by atoms with Crippen LogP contribution in [0, 0.1) is 13.8 Å². The van der Waals surface area contributed by atoms with Crippen LogP contribution in [0.2, 0.25) is 0 Å². The van der Waals surface area contributed by atoms with E-state index in [1.165, 1.54) is 0 Å². The van der Waals surface area contributed by atoms with E-state index in [4.69, 9.17) is 5.73 Å². The maximum Gasteiger partial charge on any atom is 0.223 e. The average Bonchev–Trinajstić information content (AvgIpc) is 2.39. The van der Waals surface area contributed by atoms with Gasteiger partial charge in [0.15, 0.2) is 0 Å². The van der Waals surface area contributed by atoms with E-state index < -0.39 is 0 Å². The molecule has 7 nitrogen and oxygen atoms in total. The van der Waals surface area contributed by atoms with E-state index in [-0.39, 0.29) is 0 Å². The number of aryl methyl sites for hydroxylation is 2. The molecule has 0 aliphatic rings. The molecule has 2 heterocycles. The fourth-order valence-electron chi connectivity index (χ4n) is 1.76. The molecule has 7 heteroatoms. The van der Waals surface area contributed by atoms with Crippen LogP contribution in [0.4, 0.5) is 11.9 Å². The van der Waals surface area contributed by atoms with Crippen LogP contribution in [0.1, 0.15) is 17.0 Å². The third-order valence-corrected chi connectivity index (χ3v) is 2.62. The molecule has 0 saturated heterocycles. The number of nitrogens with two attached hydrogens (primary N) is 1. The van der Waals surface area contributed by atoms with Crippen molar-refractivity contribution < 1.29 is 0 Å². The molecular weight excluding hydrogens is 254 g/mol. The predicted octanol–water partition coefficient (Wildman–Crippen LogP) is 0.667. The van der Waals surface area contributed by atoms with Gasteiger partial charge in [-0.2, -0.15) is 0 Å². The molecule has 20 heavy (non-hydrogen) atoms. The molecule has 4 N–H and O–H groups in total. The lowest BCUT2D eigenvalue weighted by atomic mass is 10.3. The van der Waals surface area contributed by atoms with Crippen molar-refractivity contribution >= 4 is 11.9 Å². The average molecular weight is 273 g/mol. The monoisotopic (exact) mass is 273 g/mol. The quantitative estimate of drug-likeness (QED) is 0.665. The van der Waals surface area contributed by atoms with Gasteiger partial charge in [0.1, 0.15) is 0 Å². The highest BCUT2D eigenvalue weighted by Gasteiger charge is 1.98. The van der Waals surface area contributed by atoms with Gasteiger partial charge in [0, 0.05) is 49.0 Å². The van der Waals surface area contributed by atoms with Crippen LogP contribution >= 0.6 is 0 Å². The lowest BCUT2D eigenvalue weighted by Gasteiger charge is -2.07. The van der Waals surface area contributed by atoms with Crippen molar-refractivity contribution in [1.29, 1.82) is 0 Å². The van der Waals surface area contributed by atoms with E-state index in [9.17, 15) is 0 Å². The van der Waals surface area contributed by atoms with E-state index in [0.29, 0.717) is 18.4 Å². The Bertz CT molecular complexity index is 533. The summed E-state index contributed by atoms with van der Waals surface area (Å²) in [6.07, 6.45) is 3.44. The minimum absolute atomic E-state index is 0.294. The van der Waals surface area contributed by atoms with Gasteiger partial charge in [0.2, 0.25) is 11.9 Å². The maximum absolute atomic E-state index is 5.43. The van der Waals surface area contributed by atoms with Crippen molar-refractivity contribution in [2.45, 2.75) is 20.4 Å². The molecule has 2 aromatic rings. The summed E-state index contributed by atoms with van der Waals surface area (Å²) in [5, 5.41) is 6.47. The van der Waals surface area contributed by atoms with Gasteiger partial charge in [0.25, 0.3) is 0 Å². The Labute approximate surface area is 118 Å². The molecule has 0 aromatic carbocycles. The zero-order valence-electron chi connectivity index (χ0n) is 11.7. The van der Waals surface area contributed by atoms with E-state index >= 15 is 0 Å². The van der Waals surface area contributed by atoms with Crippen molar-refractivity contribution in [3.8, 4) is 0 Å². The fourth-order valence-corrected chi connectivity index (χ4v) is 1.76. The highest BCUT2D eigenvalue weighted by molar-refractivity contribution is 5.27. The molecule has 0 aliphatic carbocycles. The second-order valence-electron chi connectivity index (χ2n) is 4.53. The highest BCUT2D eigenvalue weighted by atomic mass is 15.1. The first kappa shape index (κ1) is 14.1. The van der Waals surface area contributed by atoms with Gasteiger partial charge in [0.05, 0.1) is 0 Å². The van der Waals surface area contributed by atoms with E-state index in [0.717, 1.165) is 30.0 Å². The Morgan fingerprint density at radius 2 is 1.70 bits per heavy atom. The van der Waals surface area contributed by atoms with Gasteiger partial charge in [-0.3, -0.25) is 0 Å². The number of aromatic nitrogens is 4. The minimum atomic E-state index is 0.294. The number of hydrogen-bond acceptors (Lipinski definition) is 7. The van der Waals surface area contributed by atoms with Crippen LogP contribution in [0.5, 0.6) is 0 Å². The number of nitrogens with one attached hydrogen (secondary N) is 2. The molecule has 0 saturated carbocycles. The molecule has 106 valence electrons. The number of rotatable bonds is 6. The molecule has 0 spiro atoms. The molecule has 0 atom stereocenters. The summed E-state index contributed by atoms with van der Waals surface area (Å²) in [6, 6.07) is 1.95. The zero-order chi connectivity index (χ0) is 14.4. The smallest absolute Gasteiger partial charge is 0.223 e. The van der Waals surface area contributed by atoms with Gasteiger partial charge >= 0.3 is 0 Å². The molecule has 0 radical (unpaired) electrons. The Balaban J connectivity index is 1.70. The van der Waals surface area contributed by atoms with Gasteiger partial charge in [-0.15, -0.1) is 0 Å². The zero-order valence-corrected chi connectivity index (χ0v) is 11.7. The van der Waals surface area contributed by atoms with Crippen LogP contribution < -0.4 is 16.4 Å². The second-order valence-corrected chi connectivity index (χ2v) is 4.53. The Hall–Kier alpha value is -2.28. The second kappa shape index (κ2) is 6.76. The third kappa shape index (κ3) is 4.43. The minimum Gasteiger partial charge on any atom is -0.368 e. The van der Waals surface area contributed by atoms with Crippen molar-refractivity contribution in [3.05, 3.63) is 35.4 Å². The summed E-state index contributed by atoms with van der Waals surface area (Å²) < 4.78 is 0. The summed E-state index contributed by atoms with van der Waals surface area (Å²) in [5.74, 6) is 0.961. The van der Waals surface area contributed by atoms with Crippen molar-refractivity contribution in [1.82, 2.24) is 25.3 Å². The summed E-state index contributed by atoms with van der Waals surface area (Å²) in [5.41, 5.74) is 8.36. The Morgan fingerprint density at radius 3 is 2.35 bits per heavy atom. The Kier molecular flexibility index (Phi) is 4.78. The SMILES string of the molecule is Cc1cc(C)nc(NCCNCc2cnc(N)nc2)n1. The van der Waals surface area contributed by atoms with Crippen molar-refractivity contribution in [3.63, 3.8) is 0 Å². The van der Waals surface area contributed by atoms with E-state index in [2.05, 4.69) is 30.6 Å². The standard InChI is InChI=1S/C13H19N7/c1-9-5-10(2)20-13(19-9)16-4-3-15-6-11-7-17-12(14)18-8-11/h5,7-8,15H,3-4,6H2,1-2H3,(H2,14,17,18)(H,16,19,20). The molecule has 0 fully saturated rings. The van der Waals surface area contributed by atoms with E-state index in [1.807, 2.05) is 19.9 Å². The topological polar surface area (TPSA) is 102 Å².